The Hall–Kier alpha value is -7.62. The lowest BCUT2D eigenvalue weighted by molar-refractivity contribution is 0.0639. The van der Waals surface area contributed by atoms with E-state index in [2.05, 4.69) is 65.2 Å². The highest BCUT2D eigenvalue weighted by molar-refractivity contribution is 7.81. The monoisotopic (exact) mass is 1020 g/mol. The molecule has 20 heteroatoms. The summed E-state index contributed by atoms with van der Waals surface area (Å²) in [6.07, 6.45) is 9.12. The van der Waals surface area contributed by atoms with E-state index in [1.54, 1.807) is 12.4 Å². The average Bonchev–Trinajstić information content (AvgIpc) is 4.12. The second-order valence-electron chi connectivity index (χ2n) is 18.1. The number of likely N-dealkylation sites (tertiary alicyclic amines) is 1. The molecule has 7 aromatic rings. The number of aliphatic imine (C=N–C) groups is 1. The third kappa shape index (κ3) is 12.2. The summed E-state index contributed by atoms with van der Waals surface area (Å²) in [6.45, 7) is 7.52. The largest absolute Gasteiger partial charge is 0.378 e. The van der Waals surface area contributed by atoms with Crippen LogP contribution in [0.5, 0.6) is 0 Å². The van der Waals surface area contributed by atoms with Gasteiger partial charge in [0.2, 0.25) is 0 Å². The lowest BCUT2D eigenvalue weighted by Crippen LogP contribution is -2.45. The molecule has 6 N–H and O–H groups in total. The second kappa shape index (κ2) is 22.9. The van der Waals surface area contributed by atoms with Gasteiger partial charge in [0.05, 0.1) is 32.1 Å². The average molecular weight is 1020 g/mol. The summed E-state index contributed by atoms with van der Waals surface area (Å²) in [5.74, 6) is 2.42. The fraction of sp³-hybridized carbons (Fsp3) is 0.283. The summed E-state index contributed by atoms with van der Waals surface area (Å²) in [5.41, 5.74) is 8.39. The zero-order valence-electron chi connectivity index (χ0n) is 40.5. The van der Waals surface area contributed by atoms with E-state index in [-0.39, 0.29) is 11.7 Å². The molecule has 3 aliphatic heterocycles. The van der Waals surface area contributed by atoms with Crippen molar-refractivity contribution in [1.82, 2.24) is 39.3 Å². The normalized spacial score (nSPS) is 15.6. The minimum atomic E-state index is 0.0180. The van der Waals surface area contributed by atoms with Gasteiger partial charge in [-0.3, -0.25) is 20.1 Å². The first-order valence-corrected chi connectivity index (χ1v) is 25.2. The highest BCUT2D eigenvalue weighted by atomic mass is 32.1. The van der Waals surface area contributed by atoms with Crippen molar-refractivity contribution in [2.75, 3.05) is 98.9 Å². The van der Waals surface area contributed by atoms with Crippen LogP contribution in [0.2, 0.25) is 0 Å². The molecule has 1 amide bonds. The minimum absolute atomic E-state index is 0.0180. The van der Waals surface area contributed by atoms with Gasteiger partial charge in [-0.15, -0.1) is 5.10 Å². The molecule has 0 radical (unpaired) electrons. The number of H-pyrrole nitrogens is 1. The topological polar surface area (TPSA) is 192 Å². The van der Waals surface area contributed by atoms with Crippen LogP contribution in [0.3, 0.4) is 0 Å². The highest BCUT2D eigenvalue weighted by Gasteiger charge is 2.27. The van der Waals surface area contributed by atoms with Crippen molar-refractivity contribution in [3.05, 3.63) is 150 Å². The van der Waals surface area contributed by atoms with Crippen LogP contribution in [0.1, 0.15) is 40.0 Å². The number of ether oxygens (including phenoxy) is 2. The molecule has 3 aromatic carbocycles. The number of aromatic amines is 1. The van der Waals surface area contributed by atoms with E-state index in [1.165, 1.54) is 0 Å². The molecule has 7 heterocycles. The highest BCUT2D eigenvalue weighted by Crippen LogP contribution is 2.29. The van der Waals surface area contributed by atoms with Crippen LogP contribution < -0.4 is 26.2 Å². The first-order chi connectivity index (χ1) is 35.7. The van der Waals surface area contributed by atoms with E-state index < -0.39 is 0 Å². The van der Waals surface area contributed by atoms with Crippen molar-refractivity contribution >= 4 is 86.3 Å². The molecule has 0 spiro atoms. The van der Waals surface area contributed by atoms with Gasteiger partial charge in [-0.2, -0.15) is 0 Å². The summed E-state index contributed by atoms with van der Waals surface area (Å²) in [5, 5.41) is 27.5. The number of aromatic nitrogens is 5. The summed E-state index contributed by atoms with van der Waals surface area (Å²) >= 11 is 11.2. The van der Waals surface area contributed by atoms with Crippen LogP contribution in [0.15, 0.2) is 133 Å². The number of carbonyl (C=O) groups excluding carboxylic acids is 1. The van der Waals surface area contributed by atoms with Gasteiger partial charge in [0.1, 0.15) is 5.52 Å². The molecule has 18 nitrogen and oxygen atoms in total. The summed E-state index contributed by atoms with van der Waals surface area (Å²) in [7, 11) is 2.16. The Balaban J connectivity index is 0.713. The van der Waals surface area contributed by atoms with Gasteiger partial charge in [-0.1, -0.05) is 0 Å². The number of morpholine rings is 2. The lowest BCUT2D eigenvalue weighted by atomic mass is 10.0. The number of amides is 1. The molecular weight excluding hydrogens is 959 g/mol. The van der Waals surface area contributed by atoms with Crippen molar-refractivity contribution in [2.45, 2.75) is 25.4 Å². The van der Waals surface area contributed by atoms with Gasteiger partial charge in [-0.05, 0) is 153 Å². The first-order valence-electron chi connectivity index (χ1n) is 24.4. The quantitative estimate of drug-likeness (QED) is 0.0403. The third-order valence-electron chi connectivity index (χ3n) is 13.1. The van der Waals surface area contributed by atoms with Crippen molar-refractivity contribution in [2.24, 2.45) is 4.99 Å². The number of hydrogen-bond donors (Lipinski definition) is 6. The number of nitrogens with one attached hydrogen (secondary N) is 6. The molecule has 3 fully saturated rings. The molecule has 0 aliphatic carbocycles. The van der Waals surface area contributed by atoms with Gasteiger partial charge in [0.15, 0.2) is 33.5 Å². The number of hydrogen-bond acceptors (Lipinski definition) is 11. The van der Waals surface area contributed by atoms with Crippen LogP contribution in [0.25, 0.3) is 16.9 Å². The van der Waals surface area contributed by atoms with Gasteiger partial charge in [0, 0.05) is 116 Å². The van der Waals surface area contributed by atoms with Crippen LogP contribution in [0, 0.1) is 5.41 Å². The summed E-state index contributed by atoms with van der Waals surface area (Å²) in [6, 6.07) is 32.9. The molecule has 73 heavy (non-hydrogen) atoms. The second-order valence-corrected chi connectivity index (χ2v) is 18.9. The number of benzene rings is 3. The molecule has 3 aliphatic rings. The Kier molecular flexibility index (Phi) is 15.3. The molecule has 3 saturated heterocycles. The number of piperidine rings is 1. The lowest BCUT2D eigenvalue weighted by Gasteiger charge is -2.36. The number of rotatable bonds is 12. The maximum atomic E-state index is 13.7. The van der Waals surface area contributed by atoms with E-state index in [4.69, 9.17) is 54.4 Å². The Morgan fingerprint density at radius 1 is 0.753 bits per heavy atom. The smallest absolute Gasteiger partial charge is 0.253 e. The van der Waals surface area contributed by atoms with Crippen molar-refractivity contribution in [1.29, 1.82) is 5.41 Å². The van der Waals surface area contributed by atoms with Gasteiger partial charge >= 0.3 is 0 Å². The minimum Gasteiger partial charge on any atom is -0.378 e. The van der Waals surface area contributed by atoms with E-state index in [0.717, 1.165) is 89.2 Å². The van der Waals surface area contributed by atoms with E-state index in [0.29, 0.717) is 85.8 Å². The molecule has 0 unspecified atom stereocenters. The zero-order chi connectivity index (χ0) is 50.1. The number of pyridine rings is 1. The molecule has 0 bridgehead atoms. The van der Waals surface area contributed by atoms with E-state index >= 15 is 0 Å². The van der Waals surface area contributed by atoms with Crippen LogP contribution in [0.4, 0.5) is 28.6 Å². The fourth-order valence-electron chi connectivity index (χ4n) is 9.21. The van der Waals surface area contributed by atoms with Gasteiger partial charge < -0.3 is 50.4 Å². The Bertz CT molecular complexity index is 3060. The SMILES string of the molecule is CN(Cc1cc2c(N3CCOCC3)nc(-c3ccc(NC(=S)Nc4ccncc4)cc3)nn2c1)C1CCN(C(=O)c2ccc(NC(=S)Nc3ccc(C(=N)/N=C(\c4ccc[nH]4)N4CCOCC4)cc3)cc2)CC1. The van der Waals surface area contributed by atoms with Crippen LogP contribution in [-0.2, 0) is 16.0 Å². The number of nitrogens with zero attached hydrogens (tertiary/aromatic N) is 9. The maximum Gasteiger partial charge on any atom is 0.253 e. The molecule has 0 saturated carbocycles. The Labute approximate surface area is 434 Å². The van der Waals surface area contributed by atoms with Crippen LogP contribution in [-0.4, -0.2) is 146 Å². The third-order valence-corrected chi connectivity index (χ3v) is 13.5. The molecule has 10 rings (SSSR count). The standard InChI is InChI=1S/C53H57N15O3S2/c1-64(34-36-33-46-50(66-27-31-71-32-28-66)62-48(63-68(46)35-36)38-6-12-41(13-7-38)58-53(73)60-43-16-21-55-22-17-43)44-18-23-67(24-19-44)51(69)39-8-14-42(15-9-39)59-52(72)57-40-10-4-37(5-11-40)47(54)61-49(45-3-2-20-56-45)65-25-29-70-30-26-65/h2-17,20-22,33,35,44,54,56H,18-19,23-32,34H2,1H3,(H2,57,59,72)(H2,55,58,60,73)/b54-47?,61-49+. The van der Waals surface area contributed by atoms with E-state index in [9.17, 15) is 4.79 Å². The van der Waals surface area contributed by atoms with E-state index in [1.807, 2.05) is 113 Å². The summed E-state index contributed by atoms with van der Waals surface area (Å²) < 4.78 is 13.2. The summed E-state index contributed by atoms with van der Waals surface area (Å²) in [4.78, 5) is 39.6. The fourth-order valence-corrected chi connectivity index (χ4v) is 9.68. The van der Waals surface area contributed by atoms with Crippen molar-refractivity contribution < 1.29 is 14.3 Å². The predicted octanol–water partition coefficient (Wildman–Crippen LogP) is 7.41. The van der Waals surface area contributed by atoms with Crippen LogP contribution >= 0.6 is 24.4 Å². The van der Waals surface area contributed by atoms with Gasteiger partial charge in [0.25, 0.3) is 5.91 Å². The maximum absolute atomic E-state index is 13.7. The molecular formula is C53H57N15O3S2. The number of fused-ring (bicyclic) bond motifs is 1. The molecule has 374 valence electrons. The predicted molar refractivity (Wildman–Crippen MR) is 295 cm³/mol. The first kappa shape index (κ1) is 49.0. The van der Waals surface area contributed by atoms with Crippen molar-refractivity contribution in [3.63, 3.8) is 0 Å². The number of carbonyl (C=O) groups is 1. The zero-order valence-corrected chi connectivity index (χ0v) is 42.1. The van der Waals surface area contributed by atoms with Gasteiger partial charge in [-0.25, -0.2) is 14.5 Å². The Morgan fingerprint density at radius 3 is 1.93 bits per heavy atom. The van der Waals surface area contributed by atoms with Crippen molar-refractivity contribution in [3.8, 4) is 11.4 Å². The number of anilines is 5. The number of amidine groups is 2. The Morgan fingerprint density at radius 2 is 1.33 bits per heavy atom. The number of thiocarbonyl (C=S) groups is 2. The molecule has 0 atom stereocenters. The molecule has 4 aromatic heterocycles.